The summed E-state index contributed by atoms with van der Waals surface area (Å²) in [6.07, 6.45) is 3.45. The number of pyridine rings is 1. The summed E-state index contributed by atoms with van der Waals surface area (Å²) >= 11 is 0. The average molecular weight is 471 g/mol. The van der Waals surface area contributed by atoms with Crippen LogP contribution in [-0.2, 0) is 0 Å². The van der Waals surface area contributed by atoms with E-state index in [9.17, 15) is 4.39 Å². The molecule has 0 radical (unpaired) electrons. The fourth-order valence-electron chi connectivity index (χ4n) is 5.08. The van der Waals surface area contributed by atoms with E-state index >= 15 is 0 Å². The number of anilines is 1. The maximum absolute atomic E-state index is 13.9. The van der Waals surface area contributed by atoms with Crippen molar-refractivity contribution in [2.45, 2.75) is 39.2 Å². The fourth-order valence-corrected chi connectivity index (χ4v) is 5.08. The number of hydrogen-bond donors (Lipinski definition) is 0. The molecule has 1 saturated heterocycles. The minimum absolute atomic E-state index is 0.248. The lowest BCUT2D eigenvalue weighted by Gasteiger charge is -2.29. The third kappa shape index (κ3) is 4.81. The molecular formula is C30H31FN2O2. The lowest BCUT2D eigenvalue weighted by Crippen LogP contribution is -2.29. The molecule has 5 heteroatoms. The van der Waals surface area contributed by atoms with Crippen molar-refractivity contribution in [3.63, 3.8) is 0 Å². The molecule has 35 heavy (non-hydrogen) atoms. The number of methoxy groups -OCH3 is 1. The Hall–Kier alpha value is -3.60. The van der Waals surface area contributed by atoms with Crippen LogP contribution in [0.5, 0.6) is 11.5 Å². The molecule has 4 aromatic rings. The van der Waals surface area contributed by atoms with Crippen LogP contribution in [0.15, 0.2) is 66.7 Å². The maximum Gasteiger partial charge on any atom is 0.123 e. The van der Waals surface area contributed by atoms with Gasteiger partial charge in [-0.15, -0.1) is 0 Å². The standard InChI is InChI=1S/C30H31FN2O2/c1-20-29(21(2)35-26-14-12-25(34-3)13-15-26)30(22-7-9-23(31)10-8-22)27-19-24(11-16-28(27)32-20)33-17-5-4-6-18-33/h7-16,19,21H,4-6,17-18H2,1-3H3. The summed E-state index contributed by atoms with van der Waals surface area (Å²) in [7, 11) is 1.65. The van der Waals surface area contributed by atoms with Gasteiger partial charge in [0, 0.05) is 35.4 Å². The quantitative estimate of drug-likeness (QED) is 0.292. The third-order valence-electron chi connectivity index (χ3n) is 6.83. The number of hydrogen-bond acceptors (Lipinski definition) is 4. The Morgan fingerprint density at radius 3 is 2.26 bits per heavy atom. The first kappa shape index (κ1) is 23.2. The molecular weight excluding hydrogens is 439 g/mol. The van der Waals surface area contributed by atoms with Crippen molar-refractivity contribution in [3.8, 4) is 22.6 Å². The Balaban J connectivity index is 1.65. The van der Waals surface area contributed by atoms with Crippen molar-refractivity contribution < 1.29 is 13.9 Å². The van der Waals surface area contributed by atoms with Gasteiger partial charge in [-0.1, -0.05) is 12.1 Å². The van der Waals surface area contributed by atoms with Gasteiger partial charge in [0.25, 0.3) is 0 Å². The van der Waals surface area contributed by atoms with Crippen LogP contribution in [0.4, 0.5) is 10.1 Å². The van der Waals surface area contributed by atoms with Gasteiger partial charge in [-0.05, 0) is 98.8 Å². The van der Waals surface area contributed by atoms with Gasteiger partial charge in [-0.3, -0.25) is 4.98 Å². The van der Waals surface area contributed by atoms with E-state index in [-0.39, 0.29) is 11.9 Å². The van der Waals surface area contributed by atoms with Gasteiger partial charge in [0.15, 0.2) is 0 Å². The van der Waals surface area contributed by atoms with Gasteiger partial charge in [0.1, 0.15) is 23.4 Å². The highest BCUT2D eigenvalue weighted by molar-refractivity contribution is 5.98. The molecule has 1 aliphatic heterocycles. The second kappa shape index (κ2) is 9.95. The number of piperidine rings is 1. The van der Waals surface area contributed by atoms with E-state index in [2.05, 4.69) is 23.1 Å². The molecule has 1 atom stereocenters. The number of nitrogens with zero attached hydrogens (tertiary/aromatic N) is 2. The molecule has 0 N–H and O–H groups in total. The molecule has 1 aromatic heterocycles. The summed E-state index contributed by atoms with van der Waals surface area (Å²) in [5.74, 6) is 1.29. The van der Waals surface area contributed by atoms with Crippen LogP contribution >= 0.6 is 0 Å². The fraction of sp³-hybridized carbons (Fsp3) is 0.300. The van der Waals surface area contributed by atoms with Gasteiger partial charge < -0.3 is 14.4 Å². The highest BCUT2D eigenvalue weighted by Crippen LogP contribution is 2.39. The van der Waals surface area contributed by atoms with E-state index in [4.69, 9.17) is 14.5 Å². The zero-order valence-electron chi connectivity index (χ0n) is 20.6. The Morgan fingerprint density at radius 2 is 1.57 bits per heavy atom. The second-order valence-electron chi connectivity index (χ2n) is 9.18. The molecule has 0 saturated carbocycles. The number of aromatic nitrogens is 1. The van der Waals surface area contributed by atoms with Crippen molar-refractivity contribution in [1.29, 1.82) is 0 Å². The topological polar surface area (TPSA) is 34.6 Å². The Kier molecular flexibility index (Phi) is 6.58. The normalized spacial score (nSPS) is 14.7. The summed E-state index contributed by atoms with van der Waals surface area (Å²) in [6, 6.07) is 20.9. The number of rotatable bonds is 6. The summed E-state index contributed by atoms with van der Waals surface area (Å²) in [5.41, 5.74) is 6.06. The first-order valence-electron chi connectivity index (χ1n) is 12.3. The lowest BCUT2D eigenvalue weighted by atomic mass is 9.91. The van der Waals surface area contributed by atoms with Crippen LogP contribution < -0.4 is 14.4 Å². The van der Waals surface area contributed by atoms with Crippen LogP contribution in [0.1, 0.15) is 43.5 Å². The summed E-state index contributed by atoms with van der Waals surface area (Å²) < 4.78 is 25.5. The smallest absolute Gasteiger partial charge is 0.123 e. The molecule has 0 amide bonds. The number of aryl methyl sites for hydroxylation is 1. The Labute approximate surface area is 206 Å². The molecule has 4 nitrogen and oxygen atoms in total. The minimum Gasteiger partial charge on any atom is -0.497 e. The zero-order chi connectivity index (χ0) is 24.4. The predicted octanol–water partition coefficient (Wildman–Crippen LogP) is 7.49. The van der Waals surface area contributed by atoms with Gasteiger partial charge in [0.05, 0.1) is 12.6 Å². The van der Waals surface area contributed by atoms with E-state index in [0.29, 0.717) is 0 Å². The van der Waals surface area contributed by atoms with E-state index in [1.807, 2.05) is 50.2 Å². The molecule has 1 unspecified atom stereocenters. The Bertz CT molecular complexity index is 1310. The molecule has 180 valence electrons. The number of halogens is 1. The monoisotopic (exact) mass is 470 g/mol. The molecule has 1 fully saturated rings. The van der Waals surface area contributed by atoms with Crippen molar-refractivity contribution in [3.05, 3.63) is 83.8 Å². The van der Waals surface area contributed by atoms with Crippen molar-refractivity contribution >= 4 is 16.6 Å². The average Bonchev–Trinajstić information content (AvgIpc) is 2.89. The lowest BCUT2D eigenvalue weighted by molar-refractivity contribution is 0.226. The number of ether oxygens (including phenoxy) is 2. The van der Waals surface area contributed by atoms with Crippen LogP contribution in [-0.4, -0.2) is 25.2 Å². The molecule has 2 heterocycles. The third-order valence-corrected chi connectivity index (χ3v) is 6.83. The van der Waals surface area contributed by atoms with Crippen molar-refractivity contribution in [2.75, 3.05) is 25.1 Å². The molecule has 0 aliphatic carbocycles. The van der Waals surface area contributed by atoms with Gasteiger partial charge in [-0.2, -0.15) is 0 Å². The van der Waals surface area contributed by atoms with Crippen LogP contribution in [0, 0.1) is 12.7 Å². The van der Waals surface area contributed by atoms with E-state index in [1.54, 1.807) is 7.11 Å². The van der Waals surface area contributed by atoms with E-state index in [1.165, 1.54) is 37.1 Å². The number of fused-ring (bicyclic) bond motifs is 1. The largest absolute Gasteiger partial charge is 0.497 e. The second-order valence-corrected chi connectivity index (χ2v) is 9.18. The van der Waals surface area contributed by atoms with Gasteiger partial charge in [-0.25, -0.2) is 4.39 Å². The SMILES string of the molecule is COc1ccc(OC(C)c2c(C)nc3ccc(N4CCCCC4)cc3c2-c2ccc(F)cc2)cc1. The summed E-state index contributed by atoms with van der Waals surface area (Å²) in [5, 5.41) is 1.06. The zero-order valence-corrected chi connectivity index (χ0v) is 20.6. The number of benzene rings is 3. The Morgan fingerprint density at radius 1 is 0.886 bits per heavy atom. The molecule has 1 aliphatic rings. The van der Waals surface area contributed by atoms with Gasteiger partial charge >= 0.3 is 0 Å². The van der Waals surface area contributed by atoms with E-state index < -0.39 is 0 Å². The van der Waals surface area contributed by atoms with Crippen LogP contribution in [0.25, 0.3) is 22.0 Å². The maximum atomic E-state index is 13.9. The van der Waals surface area contributed by atoms with Crippen LogP contribution in [0.2, 0.25) is 0 Å². The summed E-state index contributed by atoms with van der Waals surface area (Å²) in [4.78, 5) is 7.42. The highest BCUT2D eigenvalue weighted by Gasteiger charge is 2.22. The predicted molar refractivity (Wildman–Crippen MR) is 140 cm³/mol. The molecule has 0 spiro atoms. The molecule has 0 bridgehead atoms. The summed E-state index contributed by atoms with van der Waals surface area (Å²) in [6.45, 7) is 6.21. The minimum atomic E-state index is -0.265. The highest BCUT2D eigenvalue weighted by atomic mass is 19.1. The molecule has 3 aromatic carbocycles. The first-order chi connectivity index (χ1) is 17.0. The van der Waals surface area contributed by atoms with Crippen molar-refractivity contribution in [2.24, 2.45) is 0 Å². The first-order valence-corrected chi connectivity index (χ1v) is 12.3. The molecule has 5 rings (SSSR count). The van der Waals surface area contributed by atoms with Crippen LogP contribution in [0.3, 0.4) is 0 Å². The van der Waals surface area contributed by atoms with Gasteiger partial charge in [0.2, 0.25) is 0 Å². The van der Waals surface area contributed by atoms with Crippen molar-refractivity contribution in [1.82, 2.24) is 4.98 Å². The van der Waals surface area contributed by atoms with E-state index in [0.717, 1.165) is 57.9 Å².